The van der Waals surface area contributed by atoms with E-state index in [1.165, 1.54) is 6.20 Å². The van der Waals surface area contributed by atoms with Crippen LogP contribution in [0.5, 0.6) is 0 Å². The zero-order chi connectivity index (χ0) is 12.4. The highest BCUT2D eigenvalue weighted by Gasteiger charge is 2.11. The largest absolute Gasteiger partial charge is 0.384 e. The number of nitrogen functional groups attached to an aromatic ring is 1. The van der Waals surface area contributed by atoms with Crippen molar-refractivity contribution in [2.45, 2.75) is 0 Å². The molecular formula is C11H11ClN4O. The maximum absolute atomic E-state index is 11.9. The van der Waals surface area contributed by atoms with E-state index >= 15 is 0 Å². The van der Waals surface area contributed by atoms with Crippen molar-refractivity contribution in [3.8, 4) is 0 Å². The summed E-state index contributed by atoms with van der Waals surface area (Å²) in [7, 11) is 1.75. The molecule has 2 aromatic rings. The standard InChI is InChI=1S/C11H11ClN4O/c1-16-6-7(12)4-9(16)11(17)15-8-2-3-10(13)14-5-8/h2-6H,1H3,(H2,13,14)(H,15,17). The molecule has 0 bridgehead atoms. The molecule has 0 aromatic carbocycles. The summed E-state index contributed by atoms with van der Waals surface area (Å²) in [4.78, 5) is 15.8. The highest BCUT2D eigenvalue weighted by Crippen LogP contribution is 2.15. The molecule has 2 aromatic heterocycles. The summed E-state index contributed by atoms with van der Waals surface area (Å²) in [5.41, 5.74) is 6.51. The van der Waals surface area contributed by atoms with E-state index in [0.717, 1.165) is 0 Å². The Morgan fingerprint density at radius 1 is 1.53 bits per heavy atom. The second kappa shape index (κ2) is 4.47. The summed E-state index contributed by atoms with van der Waals surface area (Å²) in [5, 5.41) is 3.22. The van der Waals surface area contributed by atoms with Crippen LogP contribution in [0, 0.1) is 0 Å². The van der Waals surface area contributed by atoms with Crippen molar-refractivity contribution in [1.82, 2.24) is 9.55 Å². The van der Waals surface area contributed by atoms with Crippen LogP contribution in [0.25, 0.3) is 0 Å². The molecule has 2 rings (SSSR count). The fourth-order valence-corrected chi connectivity index (χ4v) is 1.67. The Morgan fingerprint density at radius 3 is 2.82 bits per heavy atom. The van der Waals surface area contributed by atoms with E-state index in [1.807, 2.05) is 0 Å². The molecule has 6 heteroatoms. The van der Waals surface area contributed by atoms with Crippen molar-refractivity contribution < 1.29 is 4.79 Å². The van der Waals surface area contributed by atoms with Gasteiger partial charge in [0.25, 0.3) is 5.91 Å². The fraction of sp³-hybridized carbons (Fsp3) is 0.0909. The predicted molar refractivity (Wildman–Crippen MR) is 67.0 cm³/mol. The first-order valence-corrected chi connectivity index (χ1v) is 5.29. The molecule has 0 spiro atoms. The number of amides is 1. The molecule has 88 valence electrons. The van der Waals surface area contributed by atoms with Crippen molar-refractivity contribution >= 4 is 29.0 Å². The van der Waals surface area contributed by atoms with E-state index in [9.17, 15) is 4.79 Å². The number of carbonyl (C=O) groups excluding carboxylic acids is 1. The molecular weight excluding hydrogens is 240 g/mol. The SMILES string of the molecule is Cn1cc(Cl)cc1C(=O)Nc1ccc(N)nc1. The number of anilines is 2. The lowest BCUT2D eigenvalue weighted by atomic mass is 10.3. The van der Waals surface area contributed by atoms with Gasteiger partial charge in [-0.25, -0.2) is 4.98 Å². The van der Waals surface area contributed by atoms with Gasteiger partial charge < -0.3 is 15.6 Å². The number of aryl methyl sites for hydroxylation is 1. The van der Waals surface area contributed by atoms with Crippen LogP contribution in [0.15, 0.2) is 30.6 Å². The van der Waals surface area contributed by atoms with E-state index in [2.05, 4.69) is 10.3 Å². The van der Waals surface area contributed by atoms with Crippen LogP contribution in [-0.4, -0.2) is 15.5 Å². The van der Waals surface area contributed by atoms with Gasteiger partial charge in [-0.2, -0.15) is 0 Å². The van der Waals surface area contributed by atoms with Crippen molar-refractivity contribution in [2.24, 2.45) is 7.05 Å². The van der Waals surface area contributed by atoms with Gasteiger partial charge in [0.1, 0.15) is 11.5 Å². The number of nitrogens with one attached hydrogen (secondary N) is 1. The smallest absolute Gasteiger partial charge is 0.272 e. The molecule has 0 aliphatic heterocycles. The molecule has 3 N–H and O–H groups in total. The van der Waals surface area contributed by atoms with Crippen LogP contribution < -0.4 is 11.1 Å². The molecule has 17 heavy (non-hydrogen) atoms. The van der Waals surface area contributed by atoms with E-state index < -0.39 is 0 Å². The number of nitrogens with zero attached hydrogens (tertiary/aromatic N) is 2. The first kappa shape index (κ1) is 11.5. The maximum atomic E-state index is 11.9. The normalized spacial score (nSPS) is 10.2. The molecule has 0 radical (unpaired) electrons. The Balaban J connectivity index is 2.17. The van der Waals surface area contributed by atoms with Gasteiger partial charge in [-0.3, -0.25) is 4.79 Å². The van der Waals surface area contributed by atoms with E-state index in [1.54, 1.807) is 36.0 Å². The Morgan fingerprint density at radius 2 is 2.29 bits per heavy atom. The number of halogens is 1. The van der Waals surface area contributed by atoms with Crippen LogP contribution in [0.2, 0.25) is 5.02 Å². The average Bonchev–Trinajstić information content (AvgIpc) is 2.61. The number of aromatic nitrogens is 2. The van der Waals surface area contributed by atoms with Crippen molar-refractivity contribution in [2.75, 3.05) is 11.1 Å². The number of nitrogens with two attached hydrogens (primary N) is 1. The zero-order valence-electron chi connectivity index (χ0n) is 9.14. The topological polar surface area (TPSA) is 72.9 Å². The second-order valence-electron chi connectivity index (χ2n) is 3.58. The summed E-state index contributed by atoms with van der Waals surface area (Å²) in [5.74, 6) is 0.163. The van der Waals surface area contributed by atoms with Gasteiger partial charge in [-0.05, 0) is 18.2 Å². The van der Waals surface area contributed by atoms with Crippen molar-refractivity contribution in [3.63, 3.8) is 0 Å². The highest BCUT2D eigenvalue weighted by molar-refractivity contribution is 6.31. The van der Waals surface area contributed by atoms with Gasteiger partial charge in [-0.1, -0.05) is 11.6 Å². The second-order valence-corrected chi connectivity index (χ2v) is 4.02. The third kappa shape index (κ3) is 2.57. The highest BCUT2D eigenvalue weighted by atomic mass is 35.5. The molecule has 2 heterocycles. The van der Waals surface area contributed by atoms with Gasteiger partial charge in [-0.15, -0.1) is 0 Å². The minimum Gasteiger partial charge on any atom is -0.384 e. The Hall–Kier alpha value is -2.01. The Labute approximate surface area is 103 Å². The maximum Gasteiger partial charge on any atom is 0.272 e. The number of hydrogen-bond donors (Lipinski definition) is 2. The Bertz CT molecular complexity index is 547. The van der Waals surface area contributed by atoms with Crippen LogP contribution in [-0.2, 0) is 7.05 Å². The number of rotatable bonds is 2. The van der Waals surface area contributed by atoms with Gasteiger partial charge in [0, 0.05) is 13.2 Å². The fourth-order valence-electron chi connectivity index (χ4n) is 1.42. The molecule has 1 amide bonds. The third-order valence-corrected chi connectivity index (χ3v) is 2.46. The van der Waals surface area contributed by atoms with Gasteiger partial charge in [0.2, 0.25) is 0 Å². The van der Waals surface area contributed by atoms with Gasteiger partial charge >= 0.3 is 0 Å². The van der Waals surface area contributed by atoms with Gasteiger partial charge in [0.15, 0.2) is 0 Å². The lowest BCUT2D eigenvalue weighted by Crippen LogP contribution is -2.15. The van der Waals surface area contributed by atoms with Crippen LogP contribution in [0.4, 0.5) is 11.5 Å². The zero-order valence-corrected chi connectivity index (χ0v) is 9.90. The molecule has 0 aliphatic carbocycles. The lowest BCUT2D eigenvalue weighted by Gasteiger charge is -2.05. The van der Waals surface area contributed by atoms with E-state index in [4.69, 9.17) is 17.3 Å². The number of carbonyl (C=O) groups is 1. The summed E-state index contributed by atoms with van der Waals surface area (Å²) in [6, 6.07) is 4.90. The summed E-state index contributed by atoms with van der Waals surface area (Å²) < 4.78 is 1.66. The summed E-state index contributed by atoms with van der Waals surface area (Å²) >= 11 is 5.80. The lowest BCUT2D eigenvalue weighted by molar-refractivity contribution is 0.101. The molecule has 5 nitrogen and oxygen atoms in total. The van der Waals surface area contributed by atoms with Crippen molar-refractivity contribution in [1.29, 1.82) is 0 Å². The van der Waals surface area contributed by atoms with Gasteiger partial charge in [0.05, 0.1) is 16.9 Å². The molecule has 0 fully saturated rings. The molecule has 0 saturated carbocycles. The first-order valence-electron chi connectivity index (χ1n) is 4.91. The number of pyridine rings is 1. The summed E-state index contributed by atoms with van der Waals surface area (Å²) in [6.45, 7) is 0. The first-order chi connectivity index (χ1) is 8.06. The molecule has 0 saturated heterocycles. The predicted octanol–water partition coefficient (Wildman–Crippen LogP) is 1.91. The average molecular weight is 251 g/mol. The monoisotopic (exact) mass is 250 g/mol. The minimum absolute atomic E-state index is 0.244. The molecule has 0 aliphatic rings. The van der Waals surface area contributed by atoms with E-state index in [-0.39, 0.29) is 5.91 Å². The minimum atomic E-state index is -0.244. The molecule has 0 unspecified atom stereocenters. The summed E-state index contributed by atoms with van der Waals surface area (Å²) in [6.07, 6.45) is 3.16. The van der Waals surface area contributed by atoms with Crippen LogP contribution in [0.3, 0.4) is 0 Å². The van der Waals surface area contributed by atoms with E-state index in [0.29, 0.717) is 22.2 Å². The quantitative estimate of drug-likeness (QED) is 0.855. The van der Waals surface area contributed by atoms with Crippen LogP contribution >= 0.6 is 11.6 Å². The molecule has 0 atom stereocenters. The Kier molecular flexibility index (Phi) is 3.01. The van der Waals surface area contributed by atoms with Crippen LogP contribution in [0.1, 0.15) is 10.5 Å². The van der Waals surface area contributed by atoms with Crippen molar-refractivity contribution in [3.05, 3.63) is 41.3 Å². The third-order valence-electron chi connectivity index (χ3n) is 2.25. The number of hydrogen-bond acceptors (Lipinski definition) is 3.